The normalized spacial score (nSPS) is 8.58. The molecule has 0 atom stereocenters. The summed E-state index contributed by atoms with van der Waals surface area (Å²) >= 11 is 5.54. The van der Waals surface area contributed by atoms with Crippen LogP contribution in [0.25, 0.3) is 0 Å². The molecule has 0 amide bonds. The summed E-state index contributed by atoms with van der Waals surface area (Å²) in [6.45, 7) is 5.67. The van der Waals surface area contributed by atoms with Gasteiger partial charge in [0.1, 0.15) is 0 Å². The molecular weight excluding hydrogens is 172 g/mol. The van der Waals surface area contributed by atoms with Gasteiger partial charge in [-0.1, -0.05) is 29.8 Å². The van der Waals surface area contributed by atoms with Crippen molar-refractivity contribution in [3.05, 3.63) is 35.4 Å². The predicted octanol–water partition coefficient (Wildman–Crippen LogP) is 3.38. The average molecular weight is 187 g/mol. The van der Waals surface area contributed by atoms with Crippen molar-refractivity contribution >= 4 is 11.6 Å². The van der Waals surface area contributed by atoms with Gasteiger partial charge in [-0.25, -0.2) is 0 Å². The van der Waals surface area contributed by atoms with Crippen molar-refractivity contribution in [2.75, 3.05) is 13.2 Å². The first-order chi connectivity index (χ1) is 5.81. The van der Waals surface area contributed by atoms with E-state index in [0.29, 0.717) is 0 Å². The highest BCUT2D eigenvalue weighted by molar-refractivity contribution is 6.30. The van der Waals surface area contributed by atoms with Crippen LogP contribution in [0.1, 0.15) is 13.8 Å². The van der Waals surface area contributed by atoms with Gasteiger partial charge in [0.2, 0.25) is 0 Å². The van der Waals surface area contributed by atoms with E-state index >= 15 is 0 Å². The first-order valence-electron chi connectivity index (χ1n) is 4.09. The molecule has 12 heavy (non-hydrogen) atoms. The van der Waals surface area contributed by atoms with E-state index in [1.807, 2.05) is 44.2 Å². The SMILES string of the molecule is CCOCC.Clc1ccccc1. The maximum absolute atomic E-state index is 5.54. The highest BCUT2D eigenvalue weighted by atomic mass is 35.5. The molecule has 68 valence electrons. The van der Waals surface area contributed by atoms with Gasteiger partial charge >= 0.3 is 0 Å². The summed E-state index contributed by atoms with van der Waals surface area (Å²) in [6.07, 6.45) is 0. The van der Waals surface area contributed by atoms with Gasteiger partial charge in [0.05, 0.1) is 0 Å². The second-order valence-electron chi connectivity index (χ2n) is 2.08. The van der Waals surface area contributed by atoms with Crippen molar-refractivity contribution in [2.24, 2.45) is 0 Å². The van der Waals surface area contributed by atoms with Crippen LogP contribution in [0.15, 0.2) is 30.3 Å². The predicted molar refractivity (Wildman–Crippen MR) is 53.6 cm³/mol. The molecule has 1 nitrogen and oxygen atoms in total. The first-order valence-corrected chi connectivity index (χ1v) is 4.47. The summed E-state index contributed by atoms with van der Waals surface area (Å²) < 4.78 is 4.83. The fraction of sp³-hybridized carbons (Fsp3) is 0.400. The number of hydrogen-bond acceptors (Lipinski definition) is 1. The fourth-order valence-corrected chi connectivity index (χ4v) is 0.764. The summed E-state index contributed by atoms with van der Waals surface area (Å²) in [6, 6.07) is 9.44. The molecule has 0 aliphatic heterocycles. The van der Waals surface area contributed by atoms with Crippen molar-refractivity contribution in [2.45, 2.75) is 13.8 Å². The molecule has 0 radical (unpaired) electrons. The third-order valence-electron chi connectivity index (χ3n) is 1.14. The average Bonchev–Trinajstić information content (AvgIpc) is 2.08. The topological polar surface area (TPSA) is 9.23 Å². The molecule has 0 unspecified atom stereocenters. The molecule has 0 aliphatic rings. The zero-order valence-electron chi connectivity index (χ0n) is 7.59. The van der Waals surface area contributed by atoms with Crippen molar-refractivity contribution < 1.29 is 4.74 Å². The lowest BCUT2D eigenvalue weighted by atomic mass is 10.4. The Balaban J connectivity index is 0.000000217. The minimum Gasteiger partial charge on any atom is -0.382 e. The van der Waals surface area contributed by atoms with E-state index in [9.17, 15) is 0 Å². The molecule has 0 saturated heterocycles. The maximum Gasteiger partial charge on any atom is 0.0437 e. The van der Waals surface area contributed by atoms with Gasteiger partial charge in [-0.3, -0.25) is 0 Å². The second kappa shape index (κ2) is 8.57. The van der Waals surface area contributed by atoms with Crippen molar-refractivity contribution in [1.29, 1.82) is 0 Å². The van der Waals surface area contributed by atoms with E-state index in [2.05, 4.69) is 0 Å². The van der Waals surface area contributed by atoms with Gasteiger partial charge in [-0.05, 0) is 26.0 Å². The monoisotopic (exact) mass is 186 g/mol. The number of halogens is 1. The van der Waals surface area contributed by atoms with Crippen LogP contribution in [-0.4, -0.2) is 13.2 Å². The lowest BCUT2D eigenvalue weighted by Gasteiger charge is -1.86. The largest absolute Gasteiger partial charge is 0.382 e. The molecule has 0 saturated carbocycles. The minimum absolute atomic E-state index is 0.794. The van der Waals surface area contributed by atoms with E-state index < -0.39 is 0 Å². The Bertz CT molecular complexity index is 172. The molecule has 0 aromatic heterocycles. The first kappa shape index (κ1) is 11.5. The van der Waals surface area contributed by atoms with Crippen molar-refractivity contribution in [3.63, 3.8) is 0 Å². The van der Waals surface area contributed by atoms with Crippen LogP contribution in [0, 0.1) is 0 Å². The minimum atomic E-state index is 0.794. The highest BCUT2D eigenvalue weighted by Crippen LogP contribution is 2.03. The Morgan fingerprint density at radius 1 is 1.08 bits per heavy atom. The fourth-order valence-electron chi connectivity index (χ4n) is 0.619. The number of hydrogen-bond donors (Lipinski definition) is 0. The molecule has 2 heteroatoms. The summed E-state index contributed by atoms with van der Waals surface area (Å²) in [5.74, 6) is 0. The van der Waals surface area contributed by atoms with Crippen LogP contribution >= 0.6 is 11.6 Å². The Hall–Kier alpha value is -0.530. The van der Waals surface area contributed by atoms with Crippen molar-refractivity contribution in [1.82, 2.24) is 0 Å². The van der Waals surface area contributed by atoms with E-state index in [0.717, 1.165) is 18.2 Å². The van der Waals surface area contributed by atoms with Crippen LogP contribution in [0.3, 0.4) is 0 Å². The van der Waals surface area contributed by atoms with Crippen LogP contribution in [0.5, 0.6) is 0 Å². The maximum atomic E-state index is 5.54. The Morgan fingerprint density at radius 2 is 1.58 bits per heavy atom. The van der Waals surface area contributed by atoms with Crippen LogP contribution in [0.2, 0.25) is 5.02 Å². The smallest absolute Gasteiger partial charge is 0.0437 e. The summed E-state index contributed by atoms with van der Waals surface area (Å²) in [5.41, 5.74) is 0. The van der Waals surface area contributed by atoms with Gasteiger partial charge in [0, 0.05) is 18.2 Å². The van der Waals surface area contributed by atoms with E-state index in [4.69, 9.17) is 16.3 Å². The van der Waals surface area contributed by atoms with Crippen LogP contribution in [0.4, 0.5) is 0 Å². The molecule has 0 N–H and O–H groups in total. The molecule has 0 spiro atoms. The third kappa shape index (κ3) is 7.58. The summed E-state index contributed by atoms with van der Waals surface area (Å²) in [7, 11) is 0. The molecule has 0 aliphatic carbocycles. The number of ether oxygens (including phenoxy) is 1. The van der Waals surface area contributed by atoms with E-state index in [-0.39, 0.29) is 0 Å². The Kier molecular flexibility index (Phi) is 8.19. The van der Waals surface area contributed by atoms with Crippen molar-refractivity contribution in [3.8, 4) is 0 Å². The Morgan fingerprint density at radius 3 is 1.75 bits per heavy atom. The summed E-state index contributed by atoms with van der Waals surface area (Å²) in [5, 5.41) is 0.794. The third-order valence-corrected chi connectivity index (χ3v) is 1.39. The van der Waals surface area contributed by atoms with Gasteiger partial charge in [-0.2, -0.15) is 0 Å². The molecule has 1 aromatic rings. The molecular formula is C10H15ClO. The van der Waals surface area contributed by atoms with E-state index in [1.165, 1.54) is 0 Å². The zero-order valence-corrected chi connectivity index (χ0v) is 8.34. The molecule has 1 aromatic carbocycles. The lowest BCUT2D eigenvalue weighted by Crippen LogP contribution is -1.84. The molecule has 0 heterocycles. The highest BCUT2D eigenvalue weighted by Gasteiger charge is 1.74. The zero-order chi connectivity index (χ0) is 9.23. The quantitative estimate of drug-likeness (QED) is 0.688. The number of benzene rings is 1. The van der Waals surface area contributed by atoms with Gasteiger partial charge < -0.3 is 4.74 Å². The standard InChI is InChI=1S/C6H5Cl.C4H10O/c7-6-4-2-1-3-5-6;1-3-5-4-2/h1-5H;3-4H2,1-2H3. The van der Waals surface area contributed by atoms with Gasteiger partial charge in [0.25, 0.3) is 0 Å². The molecule has 0 fully saturated rings. The molecule has 0 bridgehead atoms. The second-order valence-corrected chi connectivity index (χ2v) is 2.51. The van der Waals surface area contributed by atoms with Crippen LogP contribution < -0.4 is 0 Å². The van der Waals surface area contributed by atoms with Gasteiger partial charge in [0.15, 0.2) is 0 Å². The lowest BCUT2D eigenvalue weighted by molar-refractivity contribution is 0.162. The van der Waals surface area contributed by atoms with Crippen LogP contribution in [-0.2, 0) is 4.74 Å². The number of rotatable bonds is 2. The van der Waals surface area contributed by atoms with E-state index in [1.54, 1.807) is 0 Å². The summed E-state index contributed by atoms with van der Waals surface area (Å²) in [4.78, 5) is 0. The Labute approximate surface area is 79.3 Å². The molecule has 1 rings (SSSR count). The van der Waals surface area contributed by atoms with Gasteiger partial charge in [-0.15, -0.1) is 0 Å².